The molecule has 2 heterocycles. The largest absolute Gasteiger partial charge is 0.480 e. The van der Waals surface area contributed by atoms with Gasteiger partial charge in [0, 0.05) is 23.1 Å². The van der Waals surface area contributed by atoms with Gasteiger partial charge in [0.15, 0.2) is 0 Å². The predicted molar refractivity (Wildman–Crippen MR) is 85.9 cm³/mol. The SMILES string of the molecule is CC1(C)CCCN(CC2CSc3ccccc32)C1C(=O)O. The van der Waals surface area contributed by atoms with Gasteiger partial charge < -0.3 is 5.11 Å². The number of benzene rings is 1. The fourth-order valence-electron chi connectivity index (χ4n) is 3.85. The van der Waals surface area contributed by atoms with Gasteiger partial charge in [-0.2, -0.15) is 0 Å². The lowest BCUT2D eigenvalue weighted by atomic mass is 9.76. The first-order valence-electron chi connectivity index (χ1n) is 7.67. The number of fused-ring (bicyclic) bond motifs is 1. The number of hydrogen-bond acceptors (Lipinski definition) is 3. The molecule has 1 saturated heterocycles. The second-order valence-corrected chi connectivity index (χ2v) is 7.94. The number of nitrogens with zero attached hydrogens (tertiary/aromatic N) is 1. The summed E-state index contributed by atoms with van der Waals surface area (Å²) in [4.78, 5) is 15.3. The Morgan fingerprint density at radius 2 is 2.19 bits per heavy atom. The van der Waals surface area contributed by atoms with Crippen LogP contribution in [0.3, 0.4) is 0 Å². The first-order chi connectivity index (χ1) is 9.99. The standard InChI is InChI=1S/C17H23NO2S/c1-17(2)8-5-9-18(15(17)16(19)20)10-12-11-21-14-7-4-3-6-13(12)14/h3-4,6-7,12,15H,5,8-11H2,1-2H3,(H,19,20). The van der Waals surface area contributed by atoms with Crippen molar-refractivity contribution in [3.63, 3.8) is 0 Å². The molecular formula is C17H23NO2S. The van der Waals surface area contributed by atoms with E-state index >= 15 is 0 Å². The van der Waals surface area contributed by atoms with Crippen LogP contribution in [0, 0.1) is 5.41 Å². The molecule has 2 atom stereocenters. The summed E-state index contributed by atoms with van der Waals surface area (Å²) < 4.78 is 0. The van der Waals surface area contributed by atoms with E-state index in [9.17, 15) is 9.90 Å². The molecule has 2 aliphatic rings. The third-order valence-corrected chi connectivity index (χ3v) is 6.11. The van der Waals surface area contributed by atoms with Crippen molar-refractivity contribution < 1.29 is 9.90 Å². The Balaban J connectivity index is 1.79. The molecule has 2 aliphatic heterocycles. The summed E-state index contributed by atoms with van der Waals surface area (Å²) in [6.07, 6.45) is 2.09. The average molecular weight is 305 g/mol. The molecule has 1 N–H and O–H groups in total. The maximum Gasteiger partial charge on any atom is 0.321 e. The molecule has 0 aliphatic carbocycles. The lowest BCUT2D eigenvalue weighted by molar-refractivity contribution is -0.150. The summed E-state index contributed by atoms with van der Waals surface area (Å²) in [6, 6.07) is 8.19. The van der Waals surface area contributed by atoms with E-state index in [2.05, 4.69) is 43.0 Å². The van der Waals surface area contributed by atoms with Crippen LogP contribution in [0.15, 0.2) is 29.2 Å². The fraction of sp³-hybridized carbons (Fsp3) is 0.588. The first-order valence-corrected chi connectivity index (χ1v) is 8.66. The third-order valence-electron chi connectivity index (χ3n) is 4.86. The molecule has 0 saturated carbocycles. The number of carbonyl (C=O) groups is 1. The van der Waals surface area contributed by atoms with Crippen molar-refractivity contribution in [2.75, 3.05) is 18.8 Å². The number of piperidine rings is 1. The van der Waals surface area contributed by atoms with Gasteiger partial charge in [0.1, 0.15) is 6.04 Å². The van der Waals surface area contributed by atoms with Gasteiger partial charge in [0.25, 0.3) is 0 Å². The highest BCUT2D eigenvalue weighted by molar-refractivity contribution is 7.99. The van der Waals surface area contributed by atoms with Crippen molar-refractivity contribution in [2.45, 2.75) is 43.5 Å². The van der Waals surface area contributed by atoms with Crippen LogP contribution >= 0.6 is 11.8 Å². The molecule has 1 fully saturated rings. The number of rotatable bonds is 3. The zero-order chi connectivity index (χ0) is 15.0. The van der Waals surface area contributed by atoms with Crippen LogP contribution in [-0.4, -0.2) is 40.9 Å². The van der Waals surface area contributed by atoms with Crippen LogP contribution in [0.1, 0.15) is 38.2 Å². The minimum atomic E-state index is -0.668. The van der Waals surface area contributed by atoms with E-state index in [0.29, 0.717) is 5.92 Å². The van der Waals surface area contributed by atoms with Crippen molar-refractivity contribution >= 4 is 17.7 Å². The number of likely N-dealkylation sites (tertiary alicyclic amines) is 1. The molecule has 3 rings (SSSR count). The average Bonchev–Trinajstić information content (AvgIpc) is 2.81. The van der Waals surface area contributed by atoms with Gasteiger partial charge in [-0.05, 0) is 36.4 Å². The summed E-state index contributed by atoms with van der Waals surface area (Å²) in [7, 11) is 0. The van der Waals surface area contributed by atoms with Crippen molar-refractivity contribution in [2.24, 2.45) is 5.41 Å². The molecule has 0 amide bonds. The van der Waals surface area contributed by atoms with Gasteiger partial charge in [-0.15, -0.1) is 11.8 Å². The maximum absolute atomic E-state index is 11.8. The van der Waals surface area contributed by atoms with Crippen molar-refractivity contribution in [1.82, 2.24) is 4.90 Å². The molecule has 21 heavy (non-hydrogen) atoms. The summed E-state index contributed by atoms with van der Waals surface area (Å²) in [5, 5.41) is 9.67. The zero-order valence-corrected chi connectivity index (χ0v) is 13.5. The van der Waals surface area contributed by atoms with E-state index in [1.165, 1.54) is 10.5 Å². The minimum Gasteiger partial charge on any atom is -0.480 e. The summed E-state index contributed by atoms with van der Waals surface area (Å²) >= 11 is 1.90. The van der Waals surface area contributed by atoms with Crippen LogP contribution < -0.4 is 0 Å². The van der Waals surface area contributed by atoms with Crippen LogP contribution in [0.2, 0.25) is 0 Å². The van der Waals surface area contributed by atoms with E-state index < -0.39 is 5.97 Å². The number of thioether (sulfide) groups is 1. The molecule has 0 bridgehead atoms. The van der Waals surface area contributed by atoms with Gasteiger partial charge in [0.2, 0.25) is 0 Å². The topological polar surface area (TPSA) is 40.5 Å². The summed E-state index contributed by atoms with van der Waals surface area (Å²) in [5.41, 5.74) is 1.25. The Bertz CT molecular complexity index is 543. The Labute approximate surface area is 130 Å². The molecule has 0 aromatic heterocycles. The van der Waals surface area contributed by atoms with Crippen LogP contribution in [-0.2, 0) is 4.79 Å². The van der Waals surface area contributed by atoms with Crippen molar-refractivity contribution in [3.8, 4) is 0 Å². The number of carboxylic acid groups (broad SMARTS) is 1. The van der Waals surface area contributed by atoms with E-state index in [-0.39, 0.29) is 11.5 Å². The second kappa shape index (κ2) is 5.65. The Hall–Kier alpha value is -1.00. The van der Waals surface area contributed by atoms with E-state index in [1.54, 1.807) is 0 Å². The van der Waals surface area contributed by atoms with Gasteiger partial charge in [0.05, 0.1) is 0 Å². The van der Waals surface area contributed by atoms with E-state index in [0.717, 1.165) is 31.7 Å². The molecule has 1 aromatic carbocycles. The molecule has 4 heteroatoms. The predicted octanol–water partition coefficient (Wildman–Crippen LogP) is 3.45. The molecule has 1 aromatic rings. The summed E-state index contributed by atoms with van der Waals surface area (Å²) in [5.74, 6) is 0.864. The fourth-order valence-corrected chi connectivity index (χ4v) is 5.09. The number of carboxylic acids is 1. The van der Waals surface area contributed by atoms with E-state index in [4.69, 9.17) is 0 Å². The Kier molecular flexibility index (Phi) is 4.02. The Morgan fingerprint density at radius 1 is 1.43 bits per heavy atom. The first kappa shape index (κ1) is 14.9. The quantitative estimate of drug-likeness (QED) is 0.928. The molecular weight excluding hydrogens is 282 g/mol. The molecule has 0 spiro atoms. The maximum atomic E-state index is 11.8. The van der Waals surface area contributed by atoms with E-state index in [1.807, 2.05) is 11.8 Å². The lowest BCUT2D eigenvalue weighted by Crippen LogP contribution is -2.55. The van der Waals surface area contributed by atoms with Gasteiger partial charge in [-0.25, -0.2) is 0 Å². The molecule has 2 unspecified atom stereocenters. The highest BCUT2D eigenvalue weighted by atomic mass is 32.2. The highest BCUT2D eigenvalue weighted by Gasteiger charge is 2.43. The molecule has 114 valence electrons. The molecule has 3 nitrogen and oxygen atoms in total. The van der Waals surface area contributed by atoms with Crippen LogP contribution in [0.5, 0.6) is 0 Å². The minimum absolute atomic E-state index is 0.144. The number of aliphatic carboxylic acids is 1. The smallest absolute Gasteiger partial charge is 0.321 e. The van der Waals surface area contributed by atoms with Gasteiger partial charge in [-0.1, -0.05) is 32.0 Å². The second-order valence-electron chi connectivity index (χ2n) is 6.87. The van der Waals surface area contributed by atoms with Crippen molar-refractivity contribution in [1.29, 1.82) is 0 Å². The van der Waals surface area contributed by atoms with Crippen LogP contribution in [0.25, 0.3) is 0 Å². The monoisotopic (exact) mass is 305 g/mol. The zero-order valence-electron chi connectivity index (χ0n) is 12.7. The highest BCUT2D eigenvalue weighted by Crippen LogP contribution is 2.42. The van der Waals surface area contributed by atoms with Gasteiger partial charge >= 0.3 is 5.97 Å². The van der Waals surface area contributed by atoms with Gasteiger partial charge in [-0.3, -0.25) is 9.69 Å². The summed E-state index contributed by atoms with van der Waals surface area (Å²) in [6.45, 7) is 5.96. The van der Waals surface area contributed by atoms with Crippen LogP contribution in [0.4, 0.5) is 0 Å². The van der Waals surface area contributed by atoms with Crippen molar-refractivity contribution in [3.05, 3.63) is 29.8 Å². The number of hydrogen-bond donors (Lipinski definition) is 1. The lowest BCUT2D eigenvalue weighted by Gasteiger charge is -2.44. The normalized spacial score (nSPS) is 28.3. The third kappa shape index (κ3) is 2.84. The molecule has 0 radical (unpaired) electrons. The Morgan fingerprint density at radius 3 is 2.95 bits per heavy atom.